The van der Waals surface area contributed by atoms with E-state index in [2.05, 4.69) is 4.83 Å². The second-order valence-corrected chi connectivity index (χ2v) is 10.2. The Bertz CT molecular complexity index is 1020. The van der Waals surface area contributed by atoms with E-state index < -0.39 is 10.0 Å². The second-order valence-electron chi connectivity index (χ2n) is 8.55. The van der Waals surface area contributed by atoms with Gasteiger partial charge < -0.3 is 4.74 Å². The SMILES string of the molecule is Cc1cccc(S(=O)(=O)NN2CCCC2CCCOc2ccc(C(=O)C3CC3)cc2)c1. The number of nitrogens with zero attached hydrogens (tertiary/aromatic N) is 1. The van der Waals surface area contributed by atoms with Gasteiger partial charge in [0.15, 0.2) is 5.78 Å². The highest BCUT2D eigenvalue weighted by molar-refractivity contribution is 7.89. The van der Waals surface area contributed by atoms with Crippen LogP contribution in [-0.2, 0) is 10.0 Å². The van der Waals surface area contributed by atoms with E-state index in [9.17, 15) is 13.2 Å². The first-order chi connectivity index (χ1) is 14.9. The number of Topliss-reactive ketones (excluding diaryl/α,β-unsaturated/α-hetero) is 1. The van der Waals surface area contributed by atoms with Crippen LogP contribution in [0.1, 0.15) is 54.4 Å². The van der Waals surface area contributed by atoms with Crippen molar-refractivity contribution < 1.29 is 17.9 Å². The minimum absolute atomic E-state index is 0.168. The summed E-state index contributed by atoms with van der Waals surface area (Å²) in [6, 6.07) is 14.5. The summed E-state index contributed by atoms with van der Waals surface area (Å²) in [7, 11) is -3.57. The molecule has 1 N–H and O–H groups in total. The molecule has 1 atom stereocenters. The summed E-state index contributed by atoms with van der Waals surface area (Å²) in [5, 5.41) is 1.86. The normalized spacial score (nSPS) is 19.5. The van der Waals surface area contributed by atoms with Crippen molar-refractivity contribution in [2.24, 2.45) is 5.92 Å². The monoisotopic (exact) mass is 442 g/mol. The van der Waals surface area contributed by atoms with E-state index in [1.54, 1.807) is 18.2 Å². The maximum absolute atomic E-state index is 12.7. The van der Waals surface area contributed by atoms with E-state index in [0.717, 1.165) is 55.4 Å². The molecule has 1 saturated carbocycles. The van der Waals surface area contributed by atoms with Gasteiger partial charge >= 0.3 is 0 Å². The predicted octanol–water partition coefficient (Wildman–Crippen LogP) is 4.10. The van der Waals surface area contributed by atoms with Gasteiger partial charge in [0, 0.05) is 24.1 Å². The minimum atomic E-state index is -3.57. The molecule has 4 rings (SSSR count). The summed E-state index contributed by atoms with van der Waals surface area (Å²) in [5.41, 5.74) is 1.68. The van der Waals surface area contributed by atoms with Crippen molar-refractivity contribution in [1.82, 2.24) is 9.84 Å². The van der Waals surface area contributed by atoms with E-state index in [4.69, 9.17) is 4.74 Å². The lowest BCUT2D eigenvalue weighted by Crippen LogP contribution is -2.45. The van der Waals surface area contributed by atoms with Crippen LogP contribution in [0.5, 0.6) is 5.75 Å². The zero-order valence-corrected chi connectivity index (χ0v) is 18.7. The molecule has 31 heavy (non-hydrogen) atoms. The fourth-order valence-electron chi connectivity index (χ4n) is 4.05. The number of hydrazine groups is 1. The van der Waals surface area contributed by atoms with Crippen molar-refractivity contribution in [1.29, 1.82) is 0 Å². The Morgan fingerprint density at radius 2 is 1.90 bits per heavy atom. The van der Waals surface area contributed by atoms with Crippen molar-refractivity contribution in [2.75, 3.05) is 13.2 Å². The van der Waals surface area contributed by atoms with Gasteiger partial charge in [-0.05, 0) is 87.4 Å². The highest BCUT2D eigenvalue weighted by Gasteiger charge is 2.30. The standard InChI is InChI=1S/C24H30N2O4S/c1-18-5-2-8-23(17-18)31(28,29)25-26-15-3-6-21(26)7-4-16-30-22-13-11-20(12-14-22)24(27)19-9-10-19/h2,5,8,11-14,17,19,21,25H,3-4,6-7,9-10,15-16H2,1H3. The predicted molar refractivity (Wildman–Crippen MR) is 119 cm³/mol. The fourth-order valence-corrected chi connectivity index (χ4v) is 5.30. The van der Waals surface area contributed by atoms with Crippen LogP contribution >= 0.6 is 0 Å². The van der Waals surface area contributed by atoms with Crippen LogP contribution in [-0.4, -0.2) is 38.4 Å². The molecule has 1 saturated heterocycles. The topological polar surface area (TPSA) is 75.7 Å². The summed E-state index contributed by atoms with van der Waals surface area (Å²) in [6.07, 6.45) is 5.64. The third-order valence-corrected chi connectivity index (χ3v) is 7.30. The summed E-state index contributed by atoms with van der Waals surface area (Å²) >= 11 is 0. The van der Waals surface area contributed by atoms with Gasteiger partial charge in [-0.2, -0.15) is 0 Å². The quantitative estimate of drug-likeness (QED) is 0.443. The number of aryl methyl sites for hydroxylation is 1. The van der Waals surface area contributed by atoms with Crippen molar-refractivity contribution in [3.05, 3.63) is 59.7 Å². The number of benzene rings is 2. The summed E-state index contributed by atoms with van der Waals surface area (Å²) < 4.78 is 31.3. The third kappa shape index (κ3) is 5.73. The number of sulfonamides is 1. The maximum atomic E-state index is 12.7. The minimum Gasteiger partial charge on any atom is -0.494 e. The first-order valence-electron chi connectivity index (χ1n) is 11.1. The van der Waals surface area contributed by atoms with Gasteiger partial charge in [-0.1, -0.05) is 12.1 Å². The Labute approximate surface area is 184 Å². The van der Waals surface area contributed by atoms with E-state index >= 15 is 0 Å². The molecule has 2 aromatic carbocycles. The number of hydrogen-bond donors (Lipinski definition) is 1. The summed E-state index contributed by atoms with van der Waals surface area (Å²) in [5.74, 6) is 1.22. The van der Waals surface area contributed by atoms with Crippen LogP contribution in [0.25, 0.3) is 0 Å². The average molecular weight is 443 g/mol. The van der Waals surface area contributed by atoms with Crippen LogP contribution in [0.2, 0.25) is 0 Å². The van der Waals surface area contributed by atoms with Gasteiger partial charge in [0.05, 0.1) is 11.5 Å². The average Bonchev–Trinajstić information content (AvgIpc) is 3.52. The zero-order chi connectivity index (χ0) is 21.8. The Balaban J connectivity index is 1.24. The Morgan fingerprint density at radius 1 is 1.13 bits per heavy atom. The van der Waals surface area contributed by atoms with Crippen LogP contribution in [0, 0.1) is 12.8 Å². The van der Waals surface area contributed by atoms with Crippen molar-refractivity contribution in [3.63, 3.8) is 0 Å². The van der Waals surface area contributed by atoms with E-state index in [1.165, 1.54) is 0 Å². The number of ether oxygens (including phenoxy) is 1. The zero-order valence-electron chi connectivity index (χ0n) is 17.9. The number of hydrogen-bond acceptors (Lipinski definition) is 5. The first kappa shape index (κ1) is 22.0. The highest BCUT2D eigenvalue weighted by Crippen LogP contribution is 2.33. The molecule has 2 aromatic rings. The van der Waals surface area contributed by atoms with Crippen LogP contribution in [0.15, 0.2) is 53.4 Å². The molecule has 0 spiro atoms. The van der Waals surface area contributed by atoms with Gasteiger partial charge in [-0.25, -0.2) is 13.4 Å². The largest absolute Gasteiger partial charge is 0.494 e. The van der Waals surface area contributed by atoms with E-state index in [0.29, 0.717) is 18.0 Å². The van der Waals surface area contributed by atoms with Crippen molar-refractivity contribution >= 4 is 15.8 Å². The second kappa shape index (κ2) is 9.51. The van der Waals surface area contributed by atoms with Crippen molar-refractivity contribution in [3.8, 4) is 5.75 Å². The van der Waals surface area contributed by atoms with Gasteiger partial charge in [0.2, 0.25) is 0 Å². The lowest BCUT2D eigenvalue weighted by molar-refractivity contribution is 0.0967. The Morgan fingerprint density at radius 3 is 2.61 bits per heavy atom. The molecule has 7 heteroatoms. The number of rotatable bonds is 10. The Hall–Kier alpha value is -2.22. The molecule has 0 radical (unpaired) electrons. The maximum Gasteiger partial charge on any atom is 0.253 e. The van der Waals surface area contributed by atoms with E-state index in [-0.39, 0.29) is 17.7 Å². The van der Waals surface area contributed by atoms with Crippen LogP contribution < -0.4 is 9.57 Å². The molecule has 1 aliphatic carbocycles. The molecule has 2 fully saturated rings. The third-order valence-electron chi connectivity index (χ3n) is 5.95. The number of ketones is 1. The molecular weight excluding hydrogens is 412 g/mol. The Kier molecular flexibility index (Phi) is 6.74. The smallest absolute Gasteiger partial charge is 0.253 e. The molecular formula is C24H30N2O4S. The van der Waals surface area contributed by atoms with Crippen LogP contribution in [0.4, 0.5) is 0 Å². The molecule has 166 valence electrons. The number of carbonyl (C=O) groups excluding carboxylic acids is 1. The number of nitrogens with one attached hydrogen (secondary N) is 1. The van der Waals surface area contributed by atoms with Gasteiger partial charge in [-0.15, -0.1) is 4.83 Å². The highest BCUT2D eigenvalue weighted by atomic mass is 32.2. The van der Waals surface area contributed by atoms with Crippen molar-refractivity contribution in [2.45, 2.75) is 56.4 Å². The molecule has 0 aromatic heterocycles. The molecule has 0 bridgehead atoms. The van der Waals surface area contributed by atoms with E-state index in [1.807, 2.05) is 42.3 Å². The van der Waals surface area contributed by atoms with Gasteiger partial charge in [-0.3, -0.25) is 4.79 Å². The molecule has 1 aliphatic heterocycles. The van der Waals surface area contributed by atoms with Gasteiger partial charge in [0.1, 0.15) is 5.75 Å². The molecule has 1 unspecified atom stereocenters. The number of carbonyl (C=O) groups is 1. The first-order valence-corrected chi connectivity index (χ1v) is 12.5. The lowest BCUT2D eigenvalue weighted by atomic mass is 10.1. The van der Waals surface area contributed by atoms with Crippen LogP contribution in [0.3, 0.4) is 0 Å². The summed E-state index contributed by atoms with van der Waals surface area (Å²) in [4.78, 5) is 15.1. The fraction of sp³-hybridized carbons (Fsp3) is 0.458. The summed E-state index contributed by atoms with van der Waals surface area (Å²) in [6.45, 7) is 3.16. The molecule has 1 heterocycles. The molecule has 6 nitrogen and oxygen atoms in total. The molecule has 0 amide bonds. The van der Waals surface area contributed by atoms with Gasteiger partial charge in [0.25, 0.3) is 10.0 Å². The molecule has 2 aliphatic rings. The lowest BCUT2D eigenvalue weighted by Gasteiger charge is -2.25.